The van der Waals surface area contributed by atoms with E-state index >= 15 is 0 Å². The quantitative estimate of drug-likeness (QED) is 0.655. The summed E-state index contributed by atoms with van der Waals surface area (Å²) in [5.74, 6) is 0. The monoisotopic (exact) mass is 196 g/mol. The van der Waals surface area contributed by atoms with Crippen LogP contribution in [0, 0.1) is 12.1 Å². The van der Waals surface area contributed by atoms with Gasteiger partial charge in [-0.1, -0.05) is 11.6 Å². The van der Waals surface area contributed by atoms with E-state index in [-0.39, 0.29) is 0 Å². The van der Waals surface area contributed by atoms with E-state index in [4.69, 9.17) is 17.3 Å². The summed E-state index contributed by atoms with van der Waals surface area (Å²) in [5, 5.41) is 11.5. The highest BCUT2D eigenvalue weighted by atomic mass is 35.5. The molecule has 0 bridgehead atoms. The van der Waals surface area contributed by atoms with Crippen LogP contribution in [0.2, 0.25) is 5.02 Å². The first-order valence-corrected chi connectivity index (χ1v) is 4.08. The molecule has 68 valence electrons. The summed E-state index contributed by atoms with van der Waals surface area (Å²) < 4.78 is 0.674. The molecule has 0 amide bonds. The molecule has 0 saturated heterocycles. The molecule has 1 aromatic heterocycles. The van der Waals surface area contributed by atoms with E-state index in [9.17, 15) is 5.21 Å². The fraction of sp³-hybridized carbons (Fsp3) is 0.125. The molecular weight excluding hydrogens is 190 g/mol. The normalized spacial score (nSPS) is 10.9. The van der Waals surface area contributed by atoms with Crippen molar-refractivity contribution in [1.82, 2.24) is 9.71 Å². The Morgan fingerprint density at radius 3 is 3.00 bits per heavy atom. The molecule has 0 atom stereocenters. The number of benzene rings is 1. The number of nitrogen functional groups attached to an aromatic ring is 1. The zero-order chi connectivity index (χ0) is 9.59. The number of nitrogens with zero attached hydrogens (tertiary/aromatic N) is 2. The lowest BCUT2D eigenvalue weighted by molar-refractivity contribution is 1.11. The second-order valence-corrected chi connectivity index (χ2v) is 3.24. The first-order chi connectivity index (χ1) is 6.11. The van der Waals surface area contributed by atoms with Crippen LogP contribution in [0.1, 0.15) is 5.56 Å². The van der Waals surface area contributed by atoms with Gasteiger partial charge >= 0.3 is 0 Å². The van der Waals surface area contributed by atoms with E-state index in [1.165, 1.54) is 12.4 Å². The highest BCUT2D eigenvalue weighted by molar-refractivity contribution is 6.34. The average molecular weight is 197 g/mol. The highest BCUT2D eigenvalue weighted by Crippen LogP contribution is 2.29. The van der Waals surface area contributed by atoms with Crippen molar-refractivity contribution in [3.05, 3.63) is 28.2 Å². The van der Waals surface area contributed by atoms with Crippen LogP contribution in [0.3, 0.4) is 0 Å². The molecule has 1 aromatic carbocycles. The summed E-state index contributed by atoms with van der Waals surface area (Å²) >= 11 is 5.82. The summed E-state index contributed by atoms with van der Waals surface area (Å²) in [6.45, 7) is 1.79. The molecule has 0 aliphatic carbocycles. The zero-order valence-electron chi connectivity index (χ0n) is 6.91. The van der Waals surface area contributed by atoms with Crippen LogP contribution in [0.4, 0.5) is 5.69 Å². The lowest BCUT2D eigenvalue weighted by Gasteiger charge is -2.08. The van der Waals surface area contributed by atoms with E-state index in [1.54, 1.807) is 6.92 Å². The van der Waals surface area contributed by atoms with Crippen molar-refractivity contribution >= 4 is 28.3 Å². The van der Waals surface area contributed by atoms with Gasteiger partial charge in [-0.05, 0) is 13.0 Å². The maximum atomic E-state index is 11.1. The molecule has 5 heteroatoms. The van der Waals surface area contributed by atoms with E-state index in [0.29, 0.717) is 26.5 Å². The Bertz CT molecular complexity index is 478. The molecule has 0 spiro atoms. The molecule has 0 aliphatic rings. The molecule has 2 N–H and O–H groups in total. The maximum absolute atomic E-state index is 11.1. The third-order valence-corrected chi connectivity index (χ3v) is 2.36. The van der Waals surface area contributed by atoms with Crippen molar-refractivity contribution < 1.29 is 0 Å². The number of imidazole rings is 1. The summed E-state index contributed by atoms with van der Waals surface area (Å²) in [6.07, 6.45) is 1.20. The fourth-order valence-electron chi connectivity index (χ4n) is 1.27. The molecule has 13 heavy (non-hydrogen) atoms. The number of halogens is 1. The van der Waals surface area contributed by atoms with Crippen molar-refractivity contribution in [1.29, 1.82) is 0 Å². The van der Waals surface area contributed by atoms with Gasteiger partial charge in [-0.15, -0.1) is 0 Å². The number of hydrogen-bond acceptors (Lipinski definition) is 3. The summed E-state index contributed by atoms with van der Waals surface area (Å²) in [4.78, 5) is 3.93. The SMILES string of the molecule is Cc1c(N)c(Cl)cc2c1ncn2[O-]. The highest BCUT2D eigenvalue weighted by Gasteiger charge is 2.07. The van der Waals surface area contributed by atoms with Crippen LogP contribution in [0.5, 0.6) is 0 Å². The van der Waals surface area contributed by atoms with Gasteiger partial charge in [-0.25, -0.2) is 4.98 Å². The first-order valence-electron chi connectivity index (χ1n) is 3.70. The minimum Gasteiger partial charge on any atom is -0.805 e. The average Bonchev–Trinajstić information content (AvgIpc) is 2.45. The number of aryl methyl sites for hydroxylation is 1. The van der Waals surface area contributed by atoms with E-state index < -0.39 is 0 Å². The molecule has 4 nitrogen and oxygen atoms in total. The van der Waals surface area contributed by atoms with E-state index in [2.05, 4.69) is 4.98 Å². The van der Waals surface area contributed by atoms with E-state index in [0.717, 1.165) is 5.56 Å². The van der Waals surface area contributed by atoms with Crippen molar-refractivity contribution in [2.45, 2.75) is 6.92 Å². The van der Waals surface area contributed by atoms with Crippen molar-refractivity contribution in [3.63, 3.8) is 0 Å². The number of anilines is 1. The Morgan fingerprint density at radius 2 is 2.31 bits per heavy atom. The van der Waals surface area contributed by atoms with Crippen LogP contribution in [-0.4, -0.2) is 9.71 Å². The van der Waals surface area contributed by atoms with Gasteiger partial charge < -0.3 is 15.7 Å². The molecule has 0 aliphatic heterocycles. The van der Waals surface area contributed by atoms with Crippen LogP contribution in [0.15, 0.2) is 12.4 Å². The molecule has 0 unspecified atom stereocenters. The Morgan fingerprint density at radius 1 is 1.62 bits per heavy atom. The molecular formula is C8H7ClN3O-. The van der Waals surface area contributed by atoms with Crippen LogP contribution >= 0.6 is 11.6 Å². The molecule has 0 fully saturated rings. The van der Waals surface area contributed by atoms with Crippen molar-refractivity contribution in [3.8, 4) is 0 Å². The van der Waals surface area contributed by atoms with Gasteiger partial charge in [-0.2, -0.15) is 0 Å². The van der Waals surface area contributed by atoms with Gasteiger partial charge in [0.15, 0.2) is 0 Å². The third kappa shape index (κ3) is 1.02. The van der Waals surface area contributed by atoms with Gasteiger partial charge in [-0.3, -0.25) is 0 Å². The van der Waals surface area contributed by atoms with Crippen LogP contribution < -0.4 is 5.73 Å². The molecule has 0 saturated carbocycles. The number of hydrogen-bond donors (Lipinski definition) is 1. The zero-order valence-corrected chi connectivity index (χ0v) is 7.67. The topological polar surface area (TPSA) is 66.9 Å². The Hall–Kier alpha value is -1.42. The molecule has 2 rings (SSSR count). The minimum absolute atomic E-state index is 0.391. The van der Waals surface area contributed by atoms with Crippen LogP contribution in [-0.2, 0) is 0 Å². The number of aromatic nitrogens is 2. The Kier molecular flexibility index (Phi) is 1.60. The van der Waals surface area contributed by atoms with Gasteiger partial charge in [0, 0.05) is 5.56 Å². The summed E-state index contributed by atoms with van der Waals surface area (Å²) in [7, 11) is 0. The van der Waals surface area contributed by atoms with Gasteiger partial charge in [0.2, 0.25) is 0 Å². The van der Waals surface area contributed by atoms with Crippen LogP contribution in [0.25, 0.3) is 11.0 Å². The predicted octanol–water partition coefficient (Wildman–Crippen LogP) is 1.93. The number of rotatable bonds is 0. The Balaban J connectivity index is 2.96. The largest absolute Gasteiger partial charge is 0.805 e. The minimum atomic E-state index is 0.391. The standard InChI is InChI=1S/C8H7ClN3O/c1-4-7(10)5(9)2-6-8(4)11-3-12(6)13/h2-3H,10H2,1H3/q-1. The Labute approximate surface area is 79.5 Å². The fourth-order valence-corrected chi connectivity index (χ4v) is 1.51. The van der Waals surface area contributed by atoms with E-state index in [1.807, 2.05) is 0 Å². The summed E-state index contributed by atoms with van der Waals surface area (Å²) in [5.41, 5.74) is 7.96. The number of fused-ring (bicyclic) bond motifs is 1. The number of nitrogens with two attached hydrogens (primary N) is 1. The van der Waals surface area contributed by atoms with Crippen molar-refractivity contribution in [2.75, 3.05) is 5.73 Å². The third-order valence-electron chi connectivity index (χ3n) is 2.05. The van der Waals surface area contributed by atoms with Gasteiger partial charge in [0.05, 0.1) is 28.1 Å². The molecule has 1 heterocycles. The summed E-state index contributed by atoms with van der Waals surface area (Å²) in [6, 6.07) is 1.53. The predicted molar refractivity (Wildman–Crippen MR) is 52.7 cm³/mol. The second kappa shape index (κ2) is 2.53. The smallest absolute Gasteiger partial charge is 0.0932 e. The van der Waals surface area contributed by atoms with Crippen molar-refractivity contribution in [2.24, 2.45) is 0 Å². The van der Waals surface area contributed by atoms with Gasteiger partial charge in [0.25, 0.3) is 0 Å². The molecule has 0 radical (unpaired) electrons. The second-order valence-electron chi connectivity index (χ2n) is 2.84. The lowest BCUT2D eigenvalue weighted by atomic mass is 10.1. The molecule has 2 aromatic rings. The maximum Gasteiger partial charge on any atom is 0.0932 e. The first kappa shape index (κ1) is 8.19. The van der Waals surface area contributed by atoms with Gasteiger partial charge in [0.1, 0.15) is 0 Å². The lowest BCUT2D eigenvalue weighted by Crippen LogP contribution is -1.92.